The summed E-state index contributed by atoms with van der Waals surface area (Å²) in [6, 6.07) is 4.38. The van der Waals surface area contributed by atoms with Crippen molar-refractivity contribution in [3.63, 3.8) is 0 Å². The van der Waals surface area contributed by atoms with Crippen molar-refractivity contribution in [3.8, 4) is 5.75 Å². The standard InChI is InChI=1S/C10H9FINO3/c11-8-6-7(12)2-3-9(8)15-16-10(14)13-4-1-5-13/h2-3,6H,1,4-5H2. The number of hydrogen-bond donors (Lipinski definition) is 0. The molecule has 1 fully saturated rings. The summed E-state index contributed by atoms with van der Waals surface area (Å²) in [7, 11) is 0. The van der Waals surface area contributed by atoms with Crippen molar-refractivity contribution in [2.45, 2.75) is 6.42 Å². The van der Waals surface area contributed by atoms with Crippen molar-refractivity contribution in [1.82, 2.24) is 4.90 Å². The van der Waals surface area contributed by atoms with Gasteiger partial charge in [0, 0.05) is 16.7 Å². The number of likely N-dealkylation sites (tertiary alicyclic amines) is 1. The second-order valence-electron chi connectivity index (χ2n) is 3.35. The van der Waals surface area contributed by atoms with Crippen LogP contribution in [0, 0.1) is 9.39 Å². The Morgan fingerprint density at radius 3 is 2.75 bits per heavy atom. The molecule has 16 heavy (non-hydrogen) atoms. The molecule has 1 saturated heterocycles. The SMILES string of the molecule is O=C(OOc1ccc(I)cc1F)N1CCC1. The summed E-state index contributed by atoms with van der Waals surface area (Å²) in [4.78, 5) is 21.8. The number of halogens is 2. The molecule has 86 valence electrons. The van der Waals surface area contributed by atoms with Crippen molar-refractivity contribution in [1.29, 1.82) is 0 Å². The zero-order valence-electron chi connectivity index (χ0n) is 8.28. The number of rotatable bonds is 2. The molecule has 0 N–H and O–H groups in total. The van der Waals surface area contributed by atoms with Crippen molar-refractivity contribution in [3.05, 3.63) is 27.6 Å². The predicted octanol–water partition coefficient (Wildman–Crippen LogP) is 2.57. The molecule has 0 aromatic heterocycles. The smallest absolute Gasteiger partial charge is 0.305 e. The highest BCUT2D eigenvalue weighted by atomic mass is 127. The molecule has 0 bridgehead atoms. The molecule has 0 radical (unpaired) electrons. The Morgan fingerprint density at radius 1 is 1.44 bits per heavy atom. The van der Waals surface area contributed by atoms with Gasteiger partial charge in [0.25, 0.3) is 0 Å². The molecule has 1 aliphatic rings. The van der Waals surface area contributed by atoms with E-state index in [1.54, 1.807) is 6.07 Å². The van der Waals surface area contributed by atoms with Crippen LogP contribution >= 0.6 is 22.6 Å². The molecule has 0 aliphatic carbocycles. The second kappa shape index (κ2) is 4.86. The van der Waals surface area contributed by atoms with Gasteiger partial charge < -0.3 is 4.90 Å². The molecule has 1 aliphatic heterocycles. The van der Waals surface area contributed by atoms with Crippen LogP contribution in [0.3, 0.4) is 0 Å². The molecule has 0 saturated carbocycles. The Kier molecular flexibility index (Phi) is 3.47. The Hall–Kier alpha value is -1.05. The van der Waals surface area contributed by atoms with Crippen LogP contribution in [-0.4, -0.2) is 24.1 Å². The summed E-state index contributed by atoms with van der Waals surface area (Å²) in [6.45, 7) is 1.33. The molecule has 2 rings (SSSR count). The Labute approximate surface area is 105 Å². The summed E-state index contributed by atoms with van der Waals surface area (Å²) in [5, 5.41) is 0. The monoisotopic (exact) mass is 337 g/mol. The number of carbonyl (C=O) groups is 1. The van der Waals surface area contributed by atoms with Gasteiger partial charge in [0.05, 0.1) is 0 Å². The van der Waals surface area contributed by atoms with Crippen LogP contribution in [0.25, 0.3) is 0 Å². The van der Waals surface area contributed by atoms with Crippen LogP contribution in [0.4, 0.5) is 9.18 Å². The van der Waals surface area contributed by atoms with Gasteiger partial charge in [-0.3, -0.25) is 4.89 Å². The highest BCUT2D eigenvalue weighted by molar-refractivity contribution is 14.1. The van der Waals surface area contributed by atoms with Crippen molar-refractivity contribution < 1.29 is 19.0 Å². The van der Waals surface area contributed by atoms with Gasteiger partial charge in [0.1, 0.15) is 0 Å². The largest absolute Gasteiger partial charge is 0.452 e. The van der Waals surface area contributed by atoms with E-state index in [-0.39, 0.29) is 5.75 Å². The fourth-order valence-electron chi connectivity index (χ4n) is 1.17. The zero-order chi connectivity index (χ0) is 11.5. The van der Waals surface area contributed by atoms with Crippen LogP contribution < -0.4 is 4.89 Å². The van der Waals surface area contributed by atoms with E-state index in [2.05, 4.69) is 9.78 Å². The van der Waals surface area contributed by atoms with E-state index in [1.165, 1.54) is 17.0 Å². The summed E-state index contributed by atoms with van der Waals surface area (Å²) < 4.78 is 14.0. The minimum Gasteiger partial charge on any atom is -0.305 e. The maximum absolute atomic E-state index is 13.3. The lowest BCUT2D eigenvalue weighted by molar-refractivity contribution is -0.159. The molecule has 4 nitrogen and oxygen atoms in total. The fraction of sp³-hybridized carbons (Fsp3) is 0.300. The molecule has 1 heterocycles. The van der Waals surface area contributed by atoms with Gasteiger partial charge in [0.15, 0.2) is 5.82 Å². The highest BCUT2D eigenvalue weighted by Crippen LogP contribution is 2.20. The minimum atomic E-state index is -0.579. The Bertz CT molecular complexity index is 409. The third-order valence-electron chi connectivity index (χ3n) is 2.21. The molecule has 6 heteroatoms. The summed E-state index contributed by atoms with van der Waals surface area (Å²) in [5.41, 5.74) is 0. The third kappa shape index (κ3) is 2.55. The van der Waals surface area contributed by atoms with Crippen molar-refractivity contribution >= 4 is 28.7 Å². The van der Waals surface area contributed by atoms with Gasteiger partial charge >= 0.3 is 6.09 Å². The van der Waals surface area contributed by atoms with E-state index in [9.17, 15) is 9.18 Å². The lowest BCUT2D eigenvalue weighted by atomic mass is 10.2. The molecule has 1 amide bonds. The van der Waals surface area contributed by atoms with Crippen LogP contribution in [0.2, 0.25) is 0 Å². The predicted molar refractivity (Wildman–Crippen MR) is 62.4 cm³/mol. The van der Waals surface area contributed by atoms with Gasteiger partial charge in [0.2, 0.25) is 5.75 Å². The van der Waals surface area contributed by atoms with Crippen LogP contribution in [0.15, 0.2) is 18.2 Å². The summed E-state index contributed by atoms with van der Waals surface area (Å²) >= 11 is 1.98. The van der Waals surface area contributed by atoms with E-state index in [1.807, 2.05) is 22.6 Å². The average molecular weight is 337 g/mol. The van der Waals surface area contributed by atoms with Gasteiger partial charge in [-0.05, 0) is 47.2 Å². The lowest BCUT2D eigenvalue weighted by Gasteiger charge is -2.28. The molecule has 0 spiro atoms. The minimum absolute atomic E-state index is 0.0886. The van der Waals surface area contributed by atoms with E-state index in [4.69, 9.17) is 0 Å². The van der Waals surface area contributed by atoms with E-state index >= 15 is 0 Å². The number of amides is 1. The van der Waals surface area contributed by atoms with Crippen LogP contribution in [0.1, 0.15) is 6.42 Å². The summed E-state index contributed by atoms with van der Waals surface area (Å²) in [5.74, 6) is -0.641. The Balaban J connectivity index is 1.91. The number of hydrogen-bond acceptors (Lipinski definition) is 3. The number of nitrogens with zero attached hydrogens (tertiary/aromatic N) is 1. The van der Waals surface area contributed by atoms with Gasteiger partial charge in [-0.1, -0.05) is 0 Å². The first-order chi connectivity index (χ1) is 7.66. The first-order valence-corrected chi connectivity index (χ1v) is 5.83. The van der Waals surface area contributed by atoms with Crippen molar-refractivity contribution in [2.75, 3.05) is 13.1 Å². The Morgan fingerprint density at radius 2 is 2.19 bits per heavy atom. The average Bonchev–Trinajstić information content (AvgIpc) is 2.13. The number of benzene rings is 1. The second-order valence-corrected chi connectivity index (χ2v) is 4.59. The van der Waals surface area contributed by atoms with Gasteiger partial charge in [-0.2, -0.15) is 0 Å². The molecular formula is C10H9FINO3. The van der Waals surface area contributed by atoms with E-state index in [0.29, 0.717) is 13.1 Å². The molecule has 1 aromatic carbocycles. The molecular weight excluding hydrogens is 328 g/mol. The maximum atomic E-state index is 13.3. The maximum Gasteiger partial charge on any atom is 0.452 e. The molecule has 0 unspecified atom stereocenters. The van der Waals surface area contributed by atoms with Gasteiger partial charge in [-0.15, -0.1) is 0 Å². The topological polar surface area (TPSA) is 38.8 Å². The third-order valence-corrected chi connectivity index (χ3v) is 2.88. The lowest BCUT2D eigenvalue weighted by Crippen LogP contribution is -2.42. The number of carbonyl (C=O) groups excluding carboxylic acids is 1. The van der Waals surface area contributed by atoms with Crippen molar-refractivity contribution in [2.24, 2.45) is 0 Å². The quantitative estimate of drug-likeness (QED) is 0.473. The zero-order valence-corrected chi connectivity index (χ0v) is 10.4. The van der Waals surface area contributed by atoms with E-state index in [0.717, 1.165) is 9.99 Å². The van der Waals surface area contributed by atoms with Crippen LogP contribution in [-0.2, 0) is 4.89 Å². The summed E-state index contributed by atoms with van der Waals surface area (Å²) in [6.07, 6.45) is 0.386. The first-order valence-electron chi connectivity index (χ1n) is 4.75. The molecule has 1 aromatic rings. The fourth-order valence-corrected chi connectivity index (χ4v) is 1.63. The first kappa shape index (κ1) is 11.4. The highest BCUT2D eigenvalue weighted by Gasteiger charge is 2.23. The normalized spacial score (nSPS) is 14.2. The molecule has 0 atom stereocenters. The van der Waals surface area contributed by atoms with Gasteiger partial charge in [-0.25, -0.2) is 14.1 Å². The van der Waals surface area contributed by atoms with E-state index < -0.39 is 11.9 Å². The van der Waals surface area contributed by atoms with Crippen LogP contribution in [0.5, 0.6) is 5.75 Å².